The minimum absolute atomic E-state index is 0.711. The predicted molar refractivity (Wildman–Crippen MR) is 66.2 cm³/mol. The van der Waals surface area contributed by atoms with Crippen LogP contribution in [0.5, 0.6) is 0 Å². The van der Waals surface area contributed by atoms with Gasteiger partial charge in [-0.2, -0.15) is 0 Å². The molecule has 0 radical (unpaired) electrons. The van der Waals surface area contributed by atoms with Crippen LogP contribution in [0.2, 0.25) is 0 Å². The summed E-state index contributed by atoms with van der Waals surface area (Å²) in [5.41, 5.74) is 1.18. The second kappa shape index (κ2) is 5.27. The van der Waals surface area contributed by atoms with E-state index in [2.05, 4.69) is 32.3 Å². The number of benzene rings is 1. The van der Waals surface area contributed by atoms with E-state index in [0.29, 0.717) is 13.0 Å². The lowest BCUT2D eigenvalue weighted by molar-refractivity contribution is 0.454. The zero-order chi connectivity index (χ0) is 11.4. The molecule has 84 valence electrons. The molecule has 16 heavy (non-hydrogen) atoms. The summed E-state index contributed by atoms with van der Waals surface area (Å²) in [7, 11) is 1.88. The van der Waals surface area contributed by atoms with Gasteiger partial charge in [-0.05, 0) is 18.7 Å². The van der Waals surface area contributed by atoms with Crippen molar-refractivity contribution in [3.63, 3.8) is 0 Å². The second-order valence-corrected chi connectivity index (χ2v) is 4.37. The van der Waals surface area contributed by atoms with Crippen molar-refractivity contribution in [2.75, 3.05) is 7.05 Å². The van der Waals surface area contributed by atoms with Crippen LogP contribution in [-0.4, -0.2) is 12.0 Å². The van der Waals surface area contributed by atoms with Gasteiger partial charge in [-0.25, -0.2) is 4.98 Å². The zero-order valence-electron chi connectivity index (χ0n) is 9.03. The molecule has 0 bridgehead atoms. The van der Waals surface area contributed by atoms with Crippen LogP contribution in [0.15, 0.2) is 39.4 Å². The van der Waals surface area contributed by atoms with E-state index in [1.165, 1.54) is 5.56 Å². The van der Waals surface area contributed by atoms with Gasteiger partial charge >= 0.3 is 0 Å². The van der Waals surface area contributed by atoms with Crippen LogP contribution < -0.4 is 5.32 Å². The van der Waals surface area contributed by atoms with Gasteiger partial charge in [0.15, 0.2) is 5.89 Å². The topological polar surface area (TPSA) is 38.1 Å². The Morgan fingerprint density at radius 1 is 1.38 bits per heavy atom. The fraction of sp³-hybridized carbons (Fsp3) is 0.250. The Morgan fingerprint density at radius 3 is 2.94 bits per heavy atom. The minimum atomic E-state index is 0.711. The first-order valence-corrected chi connectivity index (χ1v) is 5.90. The first-order valence-electron chi connectivity index (χ1n) is 5.11. The van der Waals surface area contributed by atoms with Crippen LogP contribution in [0, 0.1) is 0 Å². The van der Waals surface area contributed by atoms with E-state index in [4.69, 9.17) is 4.42 Å². The van der Waals surface area contributed by atoms with Crippen molar-refractivity contribution >= 4 is 15.9 Å². The molecule has 0 aliphatic heterocycles. The Balaban J connectivity index is 2.11. The highest BCUT2D eigenvalue weighted by molar-refractivity contribution is 9.10. The third-order valence-electron chi connectivity index (χ3n) is 2.25. The summed E-state index contributed by atoms with van der Waals surface area (Å²) < 4.78 is 6.67. The van der Waals surface area contributed by atoms with Gasteiger partial charge in [0.05, 0.1) is 19.2 Å². The van der Waals surface area contributed by atoms with Crippen LogP contribution in [0.3, 0.4) is 0 Å². The van der Waals surface area contributed by atoms with Gasteiger partial charge in [-0.15, -0.1) is 0 Å². The van der Waals surface area contributed by atoms with Crippen LogP contribution in [0.1, 0.15) is 17.2 Å². The Kier molecular flexibility index (Phi) is 3.74. The summed E-state index contributed by atoms with van der Waals surface area (Å²) in [5, 5.41) is 3.03. The SMILES string of the molecule is CNCc1cnc(Cc2ccccc2Br)o1. The van der Waals surface area contributed by atoms with Gasteiger partial charge in [-0.3, -0.25) is 0 Å². The Labute approximate surface area is 103 Å². The highest BCUT2D eigenvalue weighted by Gasteiger charge is 2.06. The van der Waals surface area contributed by atoms with E-state index in [1.54, 1.807) is 6.20 Å². The Bertz CT molecular complexity index is 468. The quantitative estimate of drug-likeness (QED) is 0.936. The lowest BCUT2D eigenvalue weighted by atomic mass is 10.1. The van der Waals surface area contributed by atoms with Crippen molar-refractivity contribution in [3.05, 3.63) is 52.1 Å². The fourth-order valence-corrected chi connectivity index (χ4v) is 1.92. The van der Waals surface area contributed by atoms with Crippen LogP contribution in [0.25, 0.3) is 0 Å². The summed E-state index contributed by atoms with van der Waals surface area (Å²) in [4.78, 5) is 4.24. The molecule has 1 aromatic heterocycles. The third kappa shape index (κ3) is 2.71. The van der Waals surface area contributed by atoms with Gasteiger partial charge < -0.3 is 9.73 Å². The smallest absolute Gasteiger partial charge is 0.198 e. The van der Waals surface area contributed by atoms with Gasteiger partial charge in [0.25, 0.3) is 0 Å². The van der Waals surface area contributed by atoms with Crippen molar-refractivity contribution in [1.29, 1.82) is 0 Å². The molecule has 2 rings (SSSR count). The van der Waals surface area contributed by atoms with Crippen molar-refractivity contribution in [2.45, 2.75) is 13.0 Å². The molecule has 4 heteroatoms. The van der Waals surface area contributed by atoms with Crippen LogP contribution in [0.4, 0.5) is 0 Å². The molecule has 0 saturated carbocycles. The van der Waals surface area contributed by atoms with E-state index in [9.17, 15) is 0 Å². The van der Waals surface area contributed by atoms with Crippen LogP contribution >= 0.6 is 15.9 Å². The fourth-order valence-electron chi connectivity index (χ4n) is 1.49. The average molecular weight is 281 g/mol. The summed E-state index contributed by atoms with van der Waals surface area (Å²) >= 11 is 3.51. The molecule has 0 saturated heterocycles. The molecule has 1 N–H and O–H groups in total. The highest BCUT2D eigenvalue weighted by atomic mass is 79.9. The molecule has 3 nitrogen and oxygen atoms in total. The number of oxazole rings is 1. The molecule has 1 heterocycles. The van der Waals surface area contributed by atoms with Gasteiger partial charge in [0, 0.05) is 4.47 Å². The summed E-state index contributed by atoms with van der Waals surface area (Å²) in [5.74, 6) is 1.61. The number of nitrogens with zero attached hydrogens (tertiary/aromatic N) is 1. The van der Waals surface area contributed by atoms with Gasteiger partial charge in [0.2, 0.25) is 0 Å². The second-order valence-electron chi connectivity index (χ2n) is 3.52. The van der Waals surface area contributed by atoms with Crippen molar-refractivity contribution in [1.82, 2.24) is 10.3 Å². The molecule has 0 aliphatic rings. The van der Waals surface area contributed by atoms with E-state index in [0.717, 1.165) is 16.1 Å². The average Bonchev–Trinajstić information content (AvgIpc) is 2.70. The molecule has 0 aliphatic carbocycles. The van der Waals surface area contributed by atoms with Crippen LogP contribution in [-0.2, 0) is 13.0 Å². The number of halogens is 1. The predicted octanol–water partition coefficient (Wildman–Crippen LogP) is 2.75. The molecule has 0 unspecified atom stereocenters. The number of hydrogen-bond acceptors (Lipinski definition) is 3. The number of rotatable bonds is 4. The van der Waals surface area contributed by atoms with Crippen molar-refractivity contribution in [2.24, 2.45) is 0 Å². The normalized spacial score (nSPS) is 10.6. The molecule has 0 fully saturated rings. The molecule has 2 aromatic rings. The summed E-state index contributed by atoms with van der Waals surface area (Å²) in [6.07, 6.45) is 2.48. The number of nitrogens with one attached hydrogen (secondary N) is 1. The maximum atomic E-state index is 5.59. The molecular formula is C12H13BrN2O. The van der Waals surface area contributed by atoms with Gasteiger partial charge in [0.1, 0.15) is 5.76 Å². The lowest BCUT2D eigenvalue weighted by Gasteiger charge is -2.00. The number of aromatic nitrogens is 1. The van der Waals surface area contributed by atoms with E-state index >= 15 is 0 Å². The van der Waals surface area contributed by atoms with Crippen molar-refractivity contribution in [3.8, 4) is 0 Å². The van der Waals surface area contributed by atoms with E-state index < -0.39 is 0 Å². The van der Waals surface area contributed by atoms with Gasteiger partial charge in [-0.1, -0.05) is 34.1 Å². The lowest BCUT2D eigenvalue weighted by Crippen LogP contribution is -2.03. The highest BCUT2D eigenvalue weighted by Crippen LogP contribution is 2.19. The maximum absolute atomic E-state index is 5.59. The molecule has 0 atom stereocenters. The molecular weight excluding hydrogens is 268 g/mol. The Hall–Kier alpha value is -1.13. The monoisotopic (exact) mass is 280 g/mol. The summed E-state index contributed by atoms with van der Waals surface area (Å²) in [6, 6.07) is 8.09. The summed E-state index contributed by atoms with van der Waals surface area (Å²) in [6.45, 7) is 0.711. The zero-order valence-corrected chi connectivity index (χ0v) is 10.6. The molecule has 1 aromatic carbocycles. The number of hydrogen-bond donors (Lipinski definition) is 1. The minimum Gasteiger partial charge on any atom is -0.444 e. The Morgan fingerprint density at radius 2 is 2.19 bits per heavy atom. The van der Waals surface area contributed by atoms with E-state index in [-0.39, 0.29) is 0 Å². The maximum Gasteiger partial charge on any atom is 0.198 e. The van der Waals surface area contributed by atoms with E-state index in [1.807, 2.05) is 25.2 Å². The standard InChI is InChI=1S/C12H13BrN2O/c1-14-7-10-8-15-12(16-10)6-9-4-2-3-5-11(9)13/h2-5,8,14H,6-7H2,1H3. The molecule has 0 amide bonds. The first kappa shape index (κ1) is 11.4. The largest absolute Gasteiger partial charge is 0.444 e. The van der Waals surface area contributed by atoms with Crippen molar-refractivity contribution < 1.29 is 4.42 Å². The molecule has 0 spiro atoms. The third-order valence-corrected chi connectivity index (χ3v) is 3.03. The first-order chi connectivity index (χ1) is 7.79.